The molecule has 2 aliphatic rings. The number of benzene rings is 3. The monoisotopic (exact) mass is 629 g/mol. The lowest BCUT2D eigenvalue weighted by Crippen LogP contribution is -2.36. The number of carboxylic acid groups (broad SMARTS) is 1. The number of rotatable bonds is 9. The molecule has 0 unspecified atom stereocenters. The van der Waals surface area contributed by atoms with Gasteiger partial charge in [0.25, 0.3) is 0 Å². The molecule has 8 nitrogen and oxygen atoms in total. The molecule has 44 heavy (non-hydrogen) atoms. The lowest BCUT2D eigenvalue weighted by molar-refractivity contribution is -0.139. The Morgan fingerprint density at radius 2 is 1.91 bits per heavy atom. The van der Waals surface area contributed by atoms with Gasteiger partial charge in [-0.2, -0.15) is 13.2 Å². The number of alkyl halides is 3. The van der Waals surface area contributed by atoms with Gasteiger partial charge in [-0.05, 0) is 72.9 Å². The van der Waals surface area contributed by atoms with E-state index >= 15 is 0 Å². The number of aromatic carboxylic acids is 1. The van der Waals surface area contributed by atoms with Crippen molar-refractivity contribution in [3.05, 3.63) is 87.2 Å². The summed E-state index contributed by atoms with van der Waals surface area (Å²) in [5, 5.41) is 10.2. The average Bonchev–Trinajstić information content (AvgIpc) is 3.31. The van der Waals surface area contributed by atoms with Crippen molar-refractivity contribution in [3.8, 4) is 11.5 Å². The van der Waals surface area contributed by atoms with Crippen LogP contribution in [0.5, 0.6) is 11.5 Å². The van der Waals surface area contributed by atoms with Crippen molar-refractivity contribution in [2.45, 2.75) is 57.8 Å². The number of fused-ring (bicyclic) bond motifs is 2. The maximum atomic E-state index is 14.1. The lowest BCUT2D eigenvalue weighted by Gasteiger charge is -2.36. The highest BCUT2D eigenvalue weighted by Gasteiger charge is 2.37. The van der Waals surface area contributed by atoms with Crippen LogP contribution >= 0.6 is 11.6 Å². The van der Waals surface area contributed by atoms with E-state index in [1.54, 1.807) is 30.3 Å². The van der Waals surface area contributed by atoms with E-state index in [1.807, 2.05) is 11.5 Å². The molecule has 4 aromatic rings. The van der Waals surface area contributed by atoms with E-state index in [0.717, 1.165) is 12.0 Å². The van der Waals surface area contributed by atoms with Crippen LogP contribution in [-0.2, 0) is 37.0 Å². The topological polar surface area (TPSA) is 86.0 Å². The van der Waals surface area contributed by atoms with Gasteiger partial charge in [-0.25, -0.2) is 9.78 Å². The minimum absolute atomic E-state index is 0.0220. The highest BCUT2D eigenvalue weighted by molar-refractivity contribution is 6.30. The van der Waals surface area contributed by atoms with Crippen molar-refractivity contribution in [2.24, 2.45) is 0 Å². The molecule has 1 fully saturated rings. The maximum absolute atomic E-state index is 14.1. The molecule has 1 aromatic heterocycles. The summed E-state index contributed by atoms with van der Waals surface area (Å²) in [4.78, 5) is 18.9. The summed E-state index contributed by atoms with van der Waals surface area (Å²) in [6.45, 7) is 3.98. The highest BCUT2D eigenvalue weighted by atomic mass is 35.5. The van der Waals surface area contributed by atoms with E-state index in [2.05, 4.69) is 4.90 Å². The predicted octanol–water partition coefficient (Wildman–Crippen LogP) is 6.90. The molecule has 3 heterocycles. The molecule has 0 aliphatic carbocycles. The van der Waals surface area contributed by atoms with Crippen LogP contribution < -0.4 is 9.47 Å². The molecule has 12 heteroatoms. The van der Waals surface area contributed by atoms with Gasteiger partial charge in [-0.15, -0.1) is 0 Å². The van der Waals surface area contributed by atoms with Crippen molar-refractivity contribution < 1.29 is 37.3 Å². The summed E-state index contributed by atoms with van der Waals surface area (Å²) >= 11 is 5.95. The van der Waals surface area contributed by atoms with E-state index in [1.165, 1.54) is 25.3 Å². The predicted molar refractivity (Wildman–Crippen MR) is 157 cm³/mol. The van der Waals surface area contributed by atoms with E-state index in [-0.39, 0.29) is 30.1 Å². The van der Waals surface area contributed by atoms with Crippen molar-refractivity contribution in [2.75, 3.05) is 20.3 Å². The Hall–Kier alpha value is -3.80. The molecule has 1 saturated heterocycles. The first kappa shape index (κ1) is 30.2. The molecular formula is C32H31ClF3N3O5. The highest BCUT2D eigenvalue weighted by Crippen LogP contribution is 2.42. The lowest BCUT2D eigenvalue weighted by atomic mass is 9.91. The molecule has 0 radical (unpaired) electrons. The maximum Gasteiger partial charge on any atom is 0.419 e. The van der Waals surface area contributed by atoms with Crippen LogP contribution in [0.25, 0.3) is 11.0 Å². The average molecular weight is 630 g/mol. The molecule has 0 amide bonds. The minimum Gasteiger partial charge on any atom is -0.494 e. The van der Waals surface area contributed by atoms with Gasteiger partial charge in [0.05, 0.1) is 42.9 Å². The zero-order valence-corrected chi connectivity index (χ0v) is 24.9. The number of nitrogens with zero attached hydrogens (tertiary/aromatic N) is 3. The second-order valence-electron chi connectivity index (χ2n) is 11.1. The largest absolute Gasteiger partial charge is 0.494 e. The van der Waals surface area contributed by atoms with Crippen molar-refractivity contribution >= 4 is 28.6 Å². The second kappa shape index (κ2) is 11.9. The number of hydrogen-bond donors (Lipinski definition) is 1. The zero-order valence-electron chi connectivity index (χ0n) is 24.2. The molecule has 6 rings (SSSR count). The van der Waals surface area contributed by atoms with Gasteiger partial charge in [0.2, 0.25) is 0 Å². The summed E-state index contributed by atoms with van der Waals surface area (Å²) in [5.41, 5.74) is 2.55. The van der Waals surface area contributed by atoms with Gasteiger partial charge in [0.15, 0.2) is 0 Å². The fourth-order valence-electron chi connectivity index (χ4n) is 5.86. The van der Waals surface area contributed by atoms with Gasteiger partial charge in [-0.3, -0.25) is 4.90 Å². The van der Waals surface area contributed by atoms with Crippen LogP contribution in [-0.4, -0.2) is 51.9 Å². The third-order valence-electron chi connectivity index (χ3n) is 8.41. The number of ether oxygens (including phenoxy) is 3. The Balaban J connectivity index is 1.33. The van der Waals surface area contributed by atoms with Crippen LogP contribution in [0.15, 0.2) is 48.5 Å². The standard InChI is InChI=1S/C32H31ClF3N3O5/c1-18-24-14-27(44-17-19-3-5-22(33)6-4-19)25(32(34,35)36)11-20(24)7-9-38(18)16-29-37-30-26(39(29)15-23-8-10-43-23)12-21(31(40)41)13-28(30)42-2/h3-6,11-14,18,23H,7-10,15-17H2,1-2H3,(H,40,41)/t18-,23-/m0/s1. The Labute approximate surface area is 256 Å². The van der Waals surface area contributed by atoms with Gasteiger partial charge < -0.3 is 23.9 Å². The summed E-state index contributed by atoms with van der Waals surface area (Å²) in [6, 6.07) is 12.3. The van der Waals surface area contributed by atoms with E-state index in [4.69, 9.17) is 30.8 Å². The number of carbonyl (C=O) groups is 1. The van der Waals surface area contributed by atoms with Gasteiger partial charge >= 0.3 is 12.1 Å². The molecular weight excluding hydrogens is 599 g/mol. The number of halogens is 4. The fraction of sp³-hybridized carbons (Fsp3) is 0.375. The molecule has 2 aliphatic heterocycles. The number of methoxy groups -OCH3 is 1. The number of carboxylic acids is 1. The summed E-state index contributed by atoms with van der Waals surface area (Å²) in [5.74, 6) is -0.250. The molecule has 3 aromatic carbocycles. The first-order valence-electron chi connectivity index (χ1n) is 14.3. The summed E-state index contributed by atoms with van der Waals surface area (Å²) in [6.07, 6.45) is -3.31. The van der Waals surface area contributed by atoms with Gasteiger partial charge in [0, 0.05) is 24.2 Å². The Morgan fingerprint density at radius 3 is 2.55 bits per heavy atom. The van der Waals surface area contributed by atoms with Crippen LogP contribution in [0.1, 0.15) is 57.8 Å². The summed E-state index contributed by atoms with van der Waals surface area (Å²) in [7, 11) is 1.47. The van der Waals surface area contributed by atoms with E-state index in [0.29, 0.717) is 71.4 Å². The Morgan fingerprint density at radius 1 is 1.16 bits per heavy atom. The third-order valence-corrected chi connectivity index (χ3v) is 8.66. The molecule has 232 valence electrons. The Bertz CT molecular complexity index is 1700. The molecule has 0 spiro atoms. The molecule has 2 atom stereocenters. The van der Waals surface area contributed by atoms with Crippen molar-refractivity contribution in [3.63, 3.8) is 0 Å². The SMILES string of the molecule is COc1cc(C(=O)O)cc2c1nc(CN1CCc3cc(C(F)(F)F)c(OCc4ccc(Cl)cc4)cc3[C@@H]1C)n2C[C@@H]1CCO1. The minimum atomic E-state index is -4.58. The number of hydrogen-bond acceptors (Lipinski definition) is 6. The molecule has 0 saturated carbocycles. The van der Waals surface area contributed by atoms with Gasteiger partial charge in [0.1, 0.15) is 29.4 Å². The first-order valence-corrected chi connectivity index (χ1v) is 14.7. The Kier molecular flexibility index (Phi) is 8.21. The number of aromatic nitrogens is 2. The van der Waals surface area contributed by atoms with Crippen LogP contribution in [0.2, 0.25) is 5.02 Å². The van der Waals surface area contributed by atoms with Crippen LogP contribution in [0.3, 0.4) is 0 Å². The molecule has 1 N–H and O–H groups in total. The molecule has 0 bridgehead atoms. The van der Waals surface area contributed by atoms with Crippen LogP contribution in [0, 0.1) is 0 Å². The van der Waals surface area contributed by atoms with Crippen molar-refractivity contribution in [1.29, 1.82) is 0 Å². The normalized spacial score (nSPS) is 18.6. The quantitative estimate of drug-likeness (QED) is 0.215. The fourth-order valence-corrected chi connectivity index (χ4v) is 5.98. The smallest absolute Gasteiger partial charge is 0.419 e. The second-order valence-corrected chi connectivity index (χ2v) is 11.6. The van der Waals surface area contributed by atoms with Crippen molar-refractivity contribution in [1.82, 2.24) is 14.5 Å². The summed E-state index contributed by atoms with van der Waals surface area (Å²) < 4.78 is 61.3. The zero-order chi connectivity index (χ0) is 31.2. The van der Waals surface area contributed by atoms with Crippen LogP contribution in [0.4, 0.5) is 13.2 Å². The van der Waals surface area contributed by atoms with E-state index < -0.39 is 17.7 Å². The third kappa shape index (κ3) is 5.96. The first-order chi connectivity index (χ1) is 21.0. The van der Waals surface area contributed by atoms with Gasteiger partial charge in [-0.1, -0.05) is 23.7 Å². The van der Waals surface area contributed by atoms with E-state index in [9.17, 15) is 23.1 Å². The number of imidazole rings is 1.